The Hall–Kier alpha value is -1.03. The largest absolute Gasteiger partial charge is 0.477 e. The van der Waals surface area contributed by atoms with Crippen LogP contribution in [0, 0.1) is 5.92 Å². The molecule has 1 aromatic rings. The number of thiophene rings is 1. The average molecular weight is 265 g/mol. The SMILES string of the molecule is O=C(O)c1cc(N2CCC[C@H]3CCCC[C@H]32)cs1. The molecule has 98 valence electrons. The Bertz CT molecular complexity index is 441. The average Bonchev–Trinajstić information content (AvgIpc) is 2.87. The van der Waals surface area contributed by atoms with Gasteiger partial charge in [0.05, 0.1) is 0 Å². The fourth-order valence-corrected chi connectivity index (χ4v) is 4.28. The van der Waals surface area contributed by atoms with Gasteiger partial charge in [-0.2, -0.15) is 0 Å². The molecule has 2 fully saturated rings. The Morgan fingerprint density at radius 3 is 2.83 bits per heavy atom. The van der Waals surface area contributed by atoms with Gasteiger partial charge >= 0.3 is 5.97 Å². The van der Waals surface area contributed by atoms with Gasteiger partial charge in [-0.1, -0.05) is 12.8 Å². The van der Waals surface area contributed by atoms with Crippen LogP contribution in [0.2, 0.25) is 0 Å². The summed E-state index contributed by atoms with van der Waals surface area (Å²) in [6.45, 7) is 1.09. The molecule has 0 amide bonds. The molecule has 3 rings (SSSR count). The maximum atomic E-state index is 11.0. The number of nitrogens with zero attached hydrogens (tertiary/aromatic N) is 1. The molecule has 1 aliphatic heterocycles. The summed E-state index contributed by atoms with van der Waals surface area (Å²) < 4.78 is 0. The van der Waals surface area contributed by atoms with E-state index in [2.05, 4.69) is 4.90 Å². The molecule has 2 aliphatic rings. The van der Waals surface area contributed by atoms with Gasteiger partial charge in [0, 0.05) is 23.7 Å². The molecule has 2 heterocycles. The summed E-state index contributed by atoms with van der Waals surface area (Å²) >= 11 is 1.35. The highest BCUT2D eigenvalue weighted by Gasteiger charge is 2.33. The quantitative estimate of drug-likeness (QED) is 0.888. The molecular weight excluding hydrogens is 246 g/mol. The maximum Gasteiger partial charge on any atom is 0.345 e. The molecule has 1 aliphatic carbocycles. The zero-order chi connectivity index (χ0) is 12.5. The van der Waals surface area contributed by atoms with Crippen molar-refractivity contribution in [2.45, 2.75) is 44.6 Å². The Morgan fingerprint density at radius 1 is 1.28 bits per heavy atom. The van der Waals surface area contributed by atoms with E-state index in [9.17, 15) is 4.79 Å². The zero-order valence-electron chi connectivity index (χ0n) is 10.5. The lowest BCUT2D eigenvalue weighted by molar-refractivity contribution is 0.0702. The summed E-state index contributed by atoms with van der Waals surface area (Å²) in [6.07, 6.45) is 7.95. The van der Waals surface area contributed by atoms with Crippen molar-refractivity contribution in [3.05, 3.63) is 16.3 Å². The molecule has 0 unspecified atom stereocenters. The van der Waals surface area contributed by atoms with E-state index in [0.29, 0.717) is 10.9 Å². The van der Waals surface area contributed by atoms with Crippen molar-refractivity contribution in [3.63, 3.8) is 0 Å². The number of carboxylic acids is 1. The minimum atomic E-state index is -0.802. The van der Waals surface area contributed by atoms with Crippen LogP contribution >= 0.6 is 11.3 Å². The first-order valence-corrected chi connectivity index (χ1v) is 7.72. The minimum Gasteiger partial charge on any atom is -0.477 e. The number of hydrogen-bond acceptors (Lipinski definition) is 3. The number of anilines is 1. The summed E-state index contributed by atoms with van der Waals surface area (Å²) in [7, 11) is 0. The van der Waals surface area contributed by atoms with Crippen LogP contribution in [-0.2, 0) is 0 Å². The van der Waals surface area contributed by atoms with Gasteiger partial charge in [-0.05, 0) is 37.7 Å². The summed E-state index contributed by atoms with van der Waals surface area (Å²) in [4.78, 5) is 13.9. The van der Waals surface area contributed by atoms with Crippen LogP contribution < -0.4 is 4.90 Å². The van der Waals surface area contributed by atoms with Crippen LogP contribution in [-0.4, -0.2) is 23.7 Å². The van der Waals surface area contributed by atoms with Crippen molar-refractivity contribution in [1.29, 1.82) is 0 Å². The summed E-state index contributed by atoms with van der Waals surface area (Å²) in [5.41, 5.74) is 1.13. The van der Waals surface area contributed by atoms with Crippen LogP contribution in [0.3, 0.4) is 0 Å². The van der Waals surface area contributed by atoms with Gasteiger partial charge in [-0.25, -0.2) is 4.79 Å². The van der Waals surface area contributed by atoms with Crippen molar-refractivity contribution < 1.29 is 9.90 Å². The van der Waals surface area contributed by atoms with E-state index < -0.39 is 5.97 Å². The fourth-order valence-electron chi connectivity index (χ4n) is 3.53. The summed E-state index contributed by atoms with van der Waals surface area (Å²) in [6, 6.07) is 2.51. The van der Waals surface area contributed by atoms with Crippen LogP contribution in [0.1, 0.15) is 48.2 Å². The molecule has 2 atom stereocenters. The first-order valence-electron chi connectivity index (χ1n) is 6.84. The second-order valence-corrected chi connectivity index (χ2v) is 6.33. The van der Waals surface area contributed by atoms with Crippen molar-refractivity contribution in [2.24, 2.45) is 5.92 Å². The van der Waals surface area contributed by atoms with Gasteiger partial charge in [0.15, 0.2) is 0 Å². The second kappa shape index (κ2) is 4.92. The lowest BCUT2D eigenvalue weighted by atomic mass is 9.78. The highest BCUT2D eigenvalue weighted by molar-refractivity contribution is 7.12. The van der Waals surface area contributed by atoms with E-state index >= 15 is 0 Å². The highest BCUT2D eigenvalue weighted by Crippen LogP contribution is 2.38. The molecule has 1 aromatic heterocycles. The molecule has 0 spiro atoms. The Balaban J connectivity index is 1.82. The van der Waals surface area contributed by atoms with Gasteiger partial charge < -0.3 is 10.0 Å². The van der Waals surface area contributed by atoms with E-state index in [4.69, 9.17) is 5.11 Å². The van der Waals surface area contributed by atoms with Crippen LogP contribution in [0.5, 0.6) is 0 Å². The van der Waals surface area contributed by atoms with Gasteiger partial charge in [-0.15, -0.1) is 11.3 Å². The second-order valence-electron chi connectivity index (χ2n) is 5.42. The van der Waals surface area contributed by atoms with Crippen molar-refractivity contribution in [1.82, 2.24) is 0 Å². The normalized spacial score (nSPS) is 27.9. The van der Waals surface area contributed by atoms with E-state index in [1.807, 2.05) is 11.4 Å². The molecule has 0 radical (unpaired) electrons. The zero-order valence-corrected chi connectivity index (χ0v) is 11.3. The van der Waals surface area contributed by atoms with Crippen molar-refractivity contribution in [2.75, 3.05) is 11.4 Å². The third-order valence-corrected chi connectivity index (χ3v) is 5.28. The van der Waals surface area contributed by atoms with Crippen molar-refractivity contribution in [3.8, 4) is 0 Å². The third kappa shape index (κ3) is 2.14. The molecular formula is C14H19NO2S. The number of aromatic carboxylic acids is 1. The molecule has 1 saturated carbocycles. The Labute approximate surface area is 111 Å². The smallest absolute Gasteiger partial charge is 0.345 e. The number of carboxylic acid groups (broad SMARTS) is 1. The van der Waals surface area contributed by atoms with E-state index in [1.54, 1.807) is 0 Å². The molecule has 0 bridgehead atoms. The Kier molecular flexibility index (Phi) is 3.29. The van der Waals surface area contributed by atoms with E-state index in [1.165, 1.54) is 49.9 Å². The molecule has 18 heavy (non-hydrogen) atoms. The summed E-state index contributed by atoms with van der Waals surface area (Å²) in [5, 5.41) is 11.0. The number of carbonyl (C=O) groups is 1. The number of fused-ring (bicyclic) bond motifs is 1. The van der Waals surface area contributed by atoms with E-state index in [0.717, 1.165) is 18.2 Å². The third-order valence-electron chi connectivity index (χ3n) is 4.37. The van der Waals surface area contributed by atoms with Gasteiger partial charge in [0.2, 0.25) is 0 Å². The lowest BCUT2D eigenvalue weighted by Gasteiger charge is -2.45. The van der Waals surface area contributed by atoms with Gasteiger partial charge in [-0.3, -0.25) is 0 Å². The lowest BCUT2D eigenvalue weighted by Crippen LogP contribution is -2.46. The topological polar surface area (TPSA) is 40.5 Å². The number of hydrogen-bond donors (Lipinski definition) is 1. The first kappa shape index (κ1) is 12.0. The maximum absolute atomic E-state index is 11.0. The van der Waals surface area contributed by atoms with Crippen molar-refractivity contribution >= 4 is 23.0 Å². The number of rotatable bonds is 2. The molecule has 1 N–H and O–H groups in total. The van der Waals surface area contributed by atoms with Crippen LogP contribution in [0.15, 0.2) is 11.4 Å². The first-order chi connectivity index (χ1) is 8.75. The predicted octanol–water partition coefficient (Wildman–Crippen LogP) is 3.61. The molecule has 1 saturated heterocycles. The predicted molar refractivity (Wildman–Crippen MR) is 73.6 cm³/mol. The van der Waals surface area contributed by atoms with Crippen LogP contribution in [0.25, 0.3) is 0 Å². The highest BCUT2D eigenvalue weighted by atomic mass is 32.1. The van der Waals surface area contributed by atoms with Crippen LogP contribution in [0.4, 0.5) is 5.69 Å². The standard InChI is InChI=1S/C14H19NO2S/c16-14(17)13-8-11(9-18-13)15-7-3-5-10-4-1-2-6-12(10)15/h8-10,12H,1-7H2,(H,16,17)/t10-,12-/m1/s1. The fraction of sp³-hybridized carbons (Fsp3) is 0.643. The van der Waals surface area contributed by atoms with E-state index in [-0.39, 0.29) is 0 Å². The minimum absolute atomic E-state index is 0.461. The number of piperidine rings is 1. The van der Waals surface area contributed by atoms with Gasteiger partial charge in [0.1, 0.15) is 4.88 Å². The summed E-state index contributed by atoms with van der Waals surface area (Å²) in [5.74, 6) is 0.0316. The Morgan fingerprint density at radius 2 is 2.06 bits per heavy atom. The monoisotopic (exact) mass is 265 g/mol. The molecule has 0 aromatic carbocycles. The molecule has 4 heteroatoms. The van der Waals surface area contributed by atoms with Gasteiger partial charge in [0.25, 0.3) is 0 Å². The molecule has 3 nitrogen and oxygen atoms in total.